The molecule has 26 heavy (non-hydrogen) atoms. The Kier molecular flexibility index (Phi) is 6.13. The molecule has 0 aliphatic rings. The smallest absolute Gasteiger partial charge is 0.282 e. The summed E-state index contributed by atoms with van der Waals surface area (Å²) in [5.74, 6) is 0.256. The molecule has 0 aliphatic carbocycles. The van der Waals surface area contributed by atoms with E-state index < -0.39 is 0 Å². The van der Waals surface area contributed by atoms with Crippen molar-refractivity contribution in [3.8, 4) is 0 Å². The van der Waals surface area contributed by atoms with Gasteiger partial charge in [0.1, 0.15) is 5.01 Å². The van der Waals surface area contributed by atoms with Gasteiger partial charge in [-0.05, 0) is 12.5 Å². The SMILES string of the molecule is CCn1ccc(=O)nc1SCc1nnc(C(=O)NCc2ccccc2)s1. The number of benzene rings is 1. The van der Waals surface area contributed by atoms with E-state index in [9.17, 15) is 9.59 Å². The maximum absolute atomic E-state index is 12.2. The zero-order valence-electron chi connectivity index (χ0n) is 14.1. The van der Waals surface area contributed by atoms with E-state index in [4.69, 9.17) is 0 Å². The van der Waals surface area contributed by atoms with Gasteiger partial charge in [0.05, 0.1) is 5.75 Å². The van der Waals surface area contributed by atoms with Crippen LogP contribution < -0.4 is 10.9 Å². The van der Waals surface area contributed by atoms with Crippen molar-refractivity contribution in [1.82, 2.24) is 25.1 Å². The van der Waals surface area contributed by atoms with Crippen LogP contribution in [0, 0.1) is 0 Å². The van der Waals surface area contributed by atoms with Crippen LogP contribution in [0.15, 0.2) is 52.5 Å². The summed E-state index contributed by atoms with van der Waals surface area (Å²) in [6.07, 6.45) is 1.72. The quantitative estimate of drug-likeness (QED) is 0.494. The molecule has 7 nitrogen and oxygen atoms in total. The van der Waals surface area contributed by atoms with Crippen molar-refractivity contribution >= 4 is 29.0 Å². The van der Waals surface area contributed by atoms with Crippen LogP contribution in [0.2, 0.25) is 0 Å². The number of carbonyl (C=O) groups is 1. The van der Waals surface area contributed by atoms with Gasteiger partial charge in [-0.15, -0.1) is 10.2 Å². The number of aryl methyl sites for hydroxylation is 1. The number of carbonyl (C=O) groups excluding carboxylic acids is 1. The Morgan fingerprint density at radius 3 is 2.81 bits per heavy atom. The molecule has 134 valence electrons. The van der Waals surface area contributed by atoms with E-state index in [1.807, 2.05) is 41.8 Å². The second-order valence-corrected chi connectivity index (χ2v) is 7.30. The molecular formula is C17H17N5O2S2. The van der Waals surface area contributed by atoms with Gasteiger partial charge in [-0.2, -0.15) is 4.98 Å². The molecule has 0 atom stereocenters. The summed E-state index contributed by atoms with van der Waals surface area (Å²) in [4.78, 5) is 27.6. The van der Waals surface area contributed by atoms with Crippen molar-refractivity contribution in [2.24, 2.45) is 0 Å². The molecule has 9 heteroatoms. The van der Waals surface area contributed by atoms with E-state index in [0.717, 1.165) is 12.1 Å². The average molecular weight is 387 g/mol. The minimum Gasteiger partial charge on any atom is -0.346 e. The van der Waals surface area contributed by atoms with Gasteiger partial charge in [0.25, 0.3) is 11.5 Å². The third-order valence-electron chi connectivity index (χ3n) is 3.47. The highest BCUT2D eigenvalue weighted by Gasteiger charge is 2.13. The van der Waals surface area contributed by atoms with Crippen LogP contribution in [-0.2, 0) is 18.8 Å². The lowest BCUT2D eigenvalue weighted by molar-refractivity contribution is 0.0950. The van der Waals surface area contributed by atoms with Crippen LogP contribution in [0.3, 0.4) is 0 Å². The number of hydrogen-bond donors (Lipinski definition) is 1. The summed E-state index contributed by atoms with van der Waals surface area (Å²) in [5, 5.41) is 12.5. The molecule has 1 aromatic carbocycles. The van der Waals surface area contributed by atoms with Crippen molar-refractivity contribution in [2.45, 2.75) is 30.9 Å². The van der Waals surface area contributed by atoms with Crippen molar-refractivity contribution in [3.63, 3.8) is 0 Å². The summed E-state index contributed by atoms with van der Waals surface area (Å²) in [5.41, 5.74) is 0.754. The Labute approximate surface area is 158 Å². The summed E-state index contributed by atoms with van der Waals surface area (Å²) in [6, 6.07) is 11.1. The number of rotatable bonds is 7. The van der Waals surface area contributed by atoms with Crippen molar-refractivity contribution < 1.29 is 4.79 Å². The maximum Gasteiger partial charge on any atom is 0.282 e. The number of nitrogens with one attached hydrogen (secondary N) is 1. The Balaban J connectivity index is 1.58. The fraction of sp³-hybridized carbons (Fsp3) is 0.235. The lowest BCUT2D eigenvalue weighted by Crippen LogP contribution is -2.22. The van der Waals surface area contributed by atoms with Crippen molar-refractivity contribution in [3.05, 3.63) is 68.5 Å². The zero-order valence-corrected chi connectivity index (χ0v) is 15.7. The fourth-order valence-electron chi connectivity index (χ4n) is 2.15. The van der Waals surface area contributed by atoms with Crippen molar-refractivity contribution in [2.75, 3.05) is 0 Å². The number of amides is 1. The normalized spacial score (nSPS) is 10.7. The number of nitrogens with zero attached hydrogens (tertiary/aromatic N) is 4. The summed E-state index contributed by atoms with van der Waals surface area (Å²) < 4.78 is 1.89. The number of thioether (sulfide) groups is 1. The first-order valence-corrected chi connectivity index (χ1v) is 9.80. The Hall–Kier alpha value is -2.52. The van der Waals surface area contributed by atoms with E-state index in [1.54, 1.807) is 6.20 Å². The molecule has 1 N–H and O–H groups in total. The van der Waals surface area contributed by atoms with Crippen LogP contribution >= 0.6 is 23.1 Å². The Bertz CT molecular complexity index is 940. The first kappa shape index (κ1) is 18.3. The van der Waals surface area contributed by atoms with Gasteiger partial charge in [0, 0.05) is 25.4 Å². The molecule has 0 fully saturated rings. The maximum atomic E-state index is 12.2. The lowest BCUT2D eigenvalue weighted by atomic mass is 10.2. The first-order chi connectivity index (χ1) is 12.7. The topological polar surface area (TPSA) is 89.8 Å². The predicted octanol–water partition coefficient (Wildman–Crippen LogP) is 2.34. The molecule has 0 unspecified atom stereocenters. The van der Waals surface area contributed by atoms with E-state index in [-0.39, 0.29) is 11.5 Å². The van der Waals surface area contributed by atoms with Crippen LogP contribution in [0.5, 0.6) is 0 Å². The minimum atomic E-state index is -0.268. The molecule has 3 rings (SSSR count). The molecule has 1 amide bonds. The molecule has 2 heterocycles. The van der Waals surface area contributed by atoms with Crippen LogP contribution in [0.25, 0.3) is 0 Å². The van der Waals surface area contributed by atoms with Gasteiger partial charge < -0.3 is 9.88 Å². The molecule has 0 saturated carbocycles. The van der Waals surface area contributed by atoms with E-state index in [0.29, 0.717) is 27.5 Å². The van der Waals surface area contributed by atoms with Gasteiger partial charge in [-0.3, -0.25) is 9.59 Å². The highest BCUT2D eigenvalue weighted by molar-refractivity contribution is 7.98. The molecule has 0 spiro atoms. The molecule has 2 aromatic heterocycles. The predicted molar refractivity (Wildman–Crippen MR) is 101 cm³/mol. The van der Waals surface area contributed by atoms with Gasteiger partial charge >= 0.3 is 0 Å². The molecule has 0 bridgehead atoms. The fourth-order valence-corrected chi connectivity index (χ4v) is 3.94. The summed E-state index contributed by atoms with van der Waals surface area (Å²) in [7, 11) is 0. The second-order valence-electron chi connectivity index (χ2n) is 5.29. The average Bonchev–Trinajstić information content (AvgIpc) is 3.14. The van der Waals surface area contributed by atoms with Gasteiger partial charge in [-0.1, -0.05) is 53.4 Å². The van der Waals surface area contributed by atoms with Gasteiger partial charge in [0.2, 0.25) is 5.01 Å². The Morgan fingerprint density at radius 2 is 2.04 bits per heavy atom. The van der Waals surface area contributed by atoms with Gasteiger partial charge in [0.15, 0.2) is 5.16 Å². The highest BCUT2D eigenvalue weighted by atomic mass is 32.2. The standard InChI is InChI=1S/C17H17N5O2S2/c1-2-22-9-8-13(23)19-17(22)25-11-14-20-21-16(26-14)15(24)18-10-12-6-4-3-5-7-12/h3-9H,2,10-11H2,1H3,(H,18,24). The number of hydrogen-bond acceptors (Lipinski definition) is 7. The molecule has 0 saturated heterocycles. The highest BCUT2D eigenvalue weighted by Crippen LogP contribution is 2.22. The van der Waals surface area contributed by atoms with Crippen molar-refractivity contribution in [1.29, 1.82) is 0 Å². The largest absolute Gasteiger partial charge is 0.346 e. The lowest BCUT2D eigenvalue weighted by Gasteiger charge is -2.07. The monoisotopic (exact) mass is 387 g/mol. The molecule has 0 radical (unpaired) electrons. The zero-order chi connectivity index (χ0) is 18.4. The van der Waals surface area contributed by atoms with Crippen LogP contribution in [-0.4, -0.2) is 25.7 Å². The second kappa shape index (κ2) is 8.72. The van der Waals surface area contributed by atoms with E-state index in [2.05, 4.69) is 20.5 Å². The van der Waals surface area contributed by atoms with Crippen LogP contribution in [0.1, 0.15) is 27.3 Å². The molecular weight excluding hydrogens is 370 g/mol. The summed E-state index contributed by atoms with van der Waals surface area (Å²) >= 11 is 2.64. The molecule has 0 aliphatic heterocycles. The van der Waals surface area contributed by atoms with E-state index >= 15 is 0 Å². The minimum absolute atomic E-state index is 0.245. The molecule has 3 aromatic rings. The summed E-state index contributed by atoms with van der Waals surface area (Å²) in [6.45, 7) is 3.15. The third-order valence-corrected chi connectivity index (χ3v) is 5.58. The van der Waals surface area contributed by atoms with Crippen LogP contribution in [0.4, 0.5) is 0 Å². The third kappa shape index (κ3) is 4.77. The first-order valence-electron chi connectivity index (χ1n) is 8.00. The Morgan fingerprint density at radius 1 is 1.23 bits per heavy atom. The van der Waals surface area contributed by atoms with Gasteiger partial charge in [-0.25, -0.2) is 0 Å². The van der Waals surface area contributed by atoms with E-state index in [1.165, 1.54) is 29.2 Å². The number of aromatic nitrogens is 4.